The Morgan fingerprint density at radius 3 is 1.77 bits per heavy atom. The molecule has 0 amide bonds. The van der Waals surface area contributed by atoms with Crippen LogP contribution in [0.4, 0.5) is 17.1 Å². The monoisotopic (exact) mass is 897 g/mol. The van der Waals surface area contributed by atoms with Crippen molar-refractivity contribution in [2.24, 2.45) is 0 Å². The molecular formula is C69H55N. The van der Waals surface area contributed by atoms with E-state index < -0.39 is 5.41 Å². The zero-order valence-electron chi connectivity index (χ0n) is 39.6. The van der Waals surface area contributed by atoms with Crippen molar-refractivity contribution in [3.63, 3.8) is 0 Å². The van der Waals surface area contributed by atoms with E-state index in [-0.39, 0.29) is 0 Å². The minimum atomic E-state index is -0.458. The number of para-hydroxylation sites is 2. The van der Waals surface area contributed by atoms with Crippen molar-refractivity contribution in [2.45, 2.75) is 56.3 Å². The van der Waals surface area contributed by atoms with Crippen LogP contribution >= 0.6 is 0 Å². The number of hydrogen-bond donors (Lipinski definition) is 0. The van der Waals surface area contributed by atoms with E-state index in [4.69, 9.17) is 0 Å². The number of hydrogen-bond acceptors (Lipinski definition) is 1. The molecule has 0 aliphatic heterocycles. The van der Waals surface area contributed by atoms with Crippen molar-refractivity contribution in [3.8, 4) is 33.4 Å². The van der Waals surface area contributed by atoms with Crippen molar-refractivity contribution < 1.29 is 0 Å². The number of benzene rings is 10. The van der Waals surface area contributed by atoms with Gasteiger partial charge in [0.2, 0.25) is 0 Å². The Morgan fingerprint density at radius 2 is 1.00 bits per heavy atom. The van der Waals surface area contributed by atoms with Gasteiger partial charge in [-0.15, -0.1) is 0 Å². The van der Waals surface area contributed by atoms with Gasteiger partial charge in [-0.05, 0) is 144 Å². The van der Waals surface area contributed by atoms with Crippen LogP contribution in [-0.2, 0) is 5.41 Å². The van der Waals surface area contributed by atoms with Crippen LogP contribution in [0.2, 0.25) is 0 Å². The van der Waals surface area contributed by atoms with Gasteiger partial charge in [0.1, 0.15) is 0 Å². The van der Waals surface area contributed by atoms with Gasteiger partial charge in [-0.25, -0.2) is 0 Å². The van der Waals surface area contributed by atoms with Crippen molar-refractivity contribution in [1.29, 1.82) is 0 Å². The molecule has 13 rings (SSSR count). The molecule has 0 radical (unpaired) electrons. The van der Waals surface area contributed by atoms with Crippen LogP contribution in [0.15, 0.2) is 237 Å². The molecule has 1 saturated carbocycles. The number of fused-ring (bicyclic) bond motifs is 5. The molecule has 3 aliphatic rings. The van der Waals surface area contributed by atoms with E-state index in [1.54, 1.807) is 5.56 Å². The van der Waals surface area contributed by atoms with E-state index in [9.17, 15) is 0 Å². The van der Waals surface area contributed by atoms with Crippen LogP contribution in [0, 0.1) is 0 Å². The molecule has 10 aromatic rings. The van der Waals surface area contributed by atoms with Gasteiger partial charge in [0.15, 0.2) is 0 Å². The summed E-state index contributed by atoms with van der Waals surface area (Å²) in [4.78, 5) is 2.56. The van der Waals surface area contributed by atoms with Gasteiger partial charge in [-0.2, -0.15) is 0 Å². The summed E-state index contributed by atoms with van der Waals surface area (Å²) >= 11 is 0. The molecule has 10 aromatic carbocycles. The van der Waals surface area contributed by atoms with Crippen LogP contribution in [-0.4, -0.2) is 0 Å². The van der Waals surface area contributed by atoms with E-state index in [1.165, 1.54) is 126 Å². The largest absolute Gasteiger partial charge is 0.309 e. The molecule has 0 spiro atoms. The molecule has 1 heteroatoms. The maximum absolute atomic E-state index is 2.56. The summed E-state index contributed by atoms with van der Waals surface area (Å²) in [5, 5.41) is 5.37. The van der Waals surface area contributed by atoms with Gasteiger partial charge in [0.25, 0.3) is 0 Å². The summed E-state index contributed by atoms with van der Waals surface area (Å²) in [6, 6.07) is 88.8. The van der Waals surface area contributed by atoms with Crippen LogP contribution in [0.3, 0.4) is 0 Å². The fraction of sp³-hybridized carbons (Fsp3) is 0.130. The number of rotatable bonds is 9. The zero-order chi connectivity index (χ0) is 46.4. The third-order valence-corrected chi connectivity index (χ3v) is 15.8. The summed E-state index contributed by atoms with van der Waals surface area (Å²) in [7, 11) is 0. The van der Waals surface area contributed by atoms with Crippen LogP contribution < -0.4 is 15.3 Å². The van der Waals surface area contributed by atoms with Gasteiger partial charge < -0.3 is 4.90 Å². The van der Waals surface area contributed by atoms with Crippen molar-refractivity contribution in [3.05, 3.63) is 280 Å². The maximum Gasteiger partial charge on any atom is 0.0713 e. The highest BCUT2D eigenvalue weighted by atomic mass is 15.1. The van der Waals surface area contributed by atoms with E-state index in [2.05, 4.69) is 248 Å². The molecule has 0 N–H and O–H groups in total. The summed E-state index contributed by atoms with van der Waals surface area (Å²) in [6.45, 7) is 0. The highest BCUT2D eigenvalue weighted by Crippen LogP contribution is 2.57. The highest BCUT2D eigenvalue weighted by Gasteiger charge is 2.46. The van der Waals surface area contributed by atoms with Gasteiger partial charge in [0.05, 0.1) is 16.8 Å². The van der Waals surface area contributed by atoms with Gasteiger partial charge >= 0.3 is 0 Å². The Hall–Kier alpha value is -8.00. The quantitative estimate of drug-likeness (QED) is 0.140. The van der Waals surface area contributed by atoms with Crippen LogP contribution in [0.5, 0.6) is 0 Å². The molecule has 1 nitrogen and oxygen atoms in total. The molecule has 3 aliphatic carbocycles. The number of anilines is 3. The minimum Gasteiger partial charge on any atom is -0.309 e. The third kappa shape index (κ3) is 6.98. The lowest BCUT2D eigenvalue weighted by atomic mass is 9.67. The second-order valence-corrected chi connectivity index (χ2v) is 19.6. The van der Waals surface area contributed by atoms with Gasteiger partial charge in [-0.3, -0.25) is 0 Å². The standard InChI is InChI=1S/C69H55N/c1-4-21-50(22-5-1)57-35-19-25-51-26-20-37-63(68(51)57)62-34-14-17-40-67(62)70(66-39-16-13-33-61(66)58-36-18-24-49-23-10-11-31-56(49)58)55-44-41-48(42-45-55)52-43-46-60-59-32-12-15-38-64(59)69(65(60)47-52,53-27-6-2-7-28-53)54-29-8-3-9-30-54/h2-3,6-19,23-36,38-47,50H,1,4-5,20-22,37H2. The Labute approximate surface area is 412 Å². The topological polar surface area (TPSA) is 3.24 Å². The molecule has 0 bridgehead atoms. The second-order valence-electron chi connectivity index (χ2n) is 19.6. The fourth-order valence-corrected chi connectivity index (χ4v) is 12.7. The predicted octanol–water partition coefficient (Wildman–Crippen LogP) is 16.8. The van der Waals surface area contributed by atoms with E-state index in [0.717, 1.165) is 24.2 Å². The Bertz CT molecular complexity index is 3650. The average molecular weight is 898 g/mol. The SMILES string of the molecule is C1=c2cccc(C3CCCCC3)c2=C(c2ccccc2N(c2ccc(-c3ccc4c(c3)C(c3ccccc3)(c3ccccc3)c3ccccc3-4)cc2)c2ccccc2-c2cccc3ccccc23)CC1. The second kappa shape index (κ2) is 17.8. The summed E-state index contributed by atoms with van der Waals surface area (Å²) in [5.41, 5.74) is 20.0. The van der Waals surface area contributed by atoms with Gasteiger partial charge in [0, 0.05) is 16.8 Å². The molecule has 0 atom stereocenters. The summed E-state index contributed by atoms with van der Waals surface area (Å²) in [5.74, 6) is 0.604. The third-order valence-electron chi connectivity index (χ3n) is 15.8. The Kier molecular flexibility index (Phi) is 10.7. The molecule has 0 heterocycles. The van der Waals surface area contributed by atoms with Crippen molar-refractivity contribution in [2.75, 3.05) is 4.90 Å². The van der Waals surface area contributed by atoms with E-state index in [0.29, 0.717) is 5.92 Å². The van der Waals surface area contributed by atoms with E-state index >= 15 is 0 Å². The zero-order valence-corrected chi connectivity index (χ0v) is 39.6. The summed E-state index contributed by atoms with van der Waals surface area (Å²) < 4.78 is 0. The van der Waals surface area contributed by atoms with Gasteiger partial charge in [-0.1, -0.05) is 232 Å². The molecule has 336 valence electrons. The predicted molar refractivity (Wildman–Crippen MR) is 295 cm³/mol. The van der Waals surface area contributed by atoms with E-state index in [1.807, 2.05) is 0 Å². The van der Waals surface area contributed by atoms with Crippen molar-refractivity contribution in [1.82, 2.24) is 0 Å². The molecular weight excluding hydrogens is 843 g/mol. The number of nitrogens with zero attached hydrogens (tertiary/aromatic N) is 1. The highest BCUT2D eigenvalue weighted by molar-refractivity contribution is 6.02. The molecule has 0 unspecified atom stereocenters. The molecule has 70 heavy (non-hydrogen) atoms. The average Bonchev–Trinajstić information content (AvgIpc) is 3.74. The minimum absolute atomic E-state index is 0.458. The molecule has 0 aromatic heterocycles. The Morgan fingerprint density at radius 1 is 0.414 bits per heavy atom. The fourth-order valence-electron chi connectivity index (χ4n) is 12.7. The first-order valence-corrected chi connectivity index (χ1v) is 25.5. The summed E-state index contributed by atoms with van der Waals surface area (Å²) in [6.07, 6.45) is 11.1. The normalized spacial score (nSPS) is 14.9. The first-order valence-electron chi connectivity index (χ1n) is 25.5. The first-order chi connectivity index (χ1) is 34.8. The lowest BCUT2D eigenvalue weighted by Crippen LogP contribution is -2.35. The first kappa shape index (κ1) is 42.1. The smallest absolute Gasteiger partial charge is 0.0713 e. The molecule has 1 fully saturated rings. The van der Waals surface area contributed by atoms with Crippen LogP contribution in [0.1, 0.15) is 84.2 Å². The lowest BCUT2D eigenvalue weighted by molar-refractivity contribution is 0.442. The van der Waals surface area contributed by atoms with Crippen LogP contribution in [0.25, 0.3) is 55.8 Å². The Balaban J connectivity index is 1.00. The van der Waals surface area contributed by atoms with Crippen molar-refractivity contribution >= 4 is 39.5 Å². The molecule has 0 saturated heterocycles. The maximum atomic E-state index is 2.56. The lowest BCUT2D eigenvalue weighted by Gasteiger charge is -2.34.